The molecule has 0 fully saturated rings. The van der Waals surface area contributed by atoms with Gasteiger partial charge in [-0.2, -0.15) is 0 Å². The van der Waals surface area contributed by atoms with Crippen molar-refractivity contribution in [3.05, 3.63) is 126 Å². The van der Waals surface area contributed by atoms with Crippen LogP contribution in [0.15, 0.2) is 72.8 Å². The largest absolute Gasteiger partial charge is 1.00 e. The van der Waals surface area contributed by atoms with Crippen LogP contribution in [0.3, 0.4) is 0 Å². The summed E-state index contributed by atoms with van der Waals surface area (Å²) in [5.74, 6) is -4.03. The molecule has 18 nitrogen and oxygen atoms in total. The van der Waals surface area contributed by atoms with Gasteiger partial charge in [0.1, 0.15) is 12.1 Å². The van der Waals surface area contributed by atoms with E-state index in [1.54, 1.807) is 36.4 Å². The number of urea groups is 2. The number of aliphatic hydroxyl groups is 1. The second-order valence-corrected chi connectivity index (χ2v) is 16.9. The predicted octanol–water partition coefficient (Wildman–Crippen LogP) is 3.85. The summed E-state index contributed by atoms with van der Waals surface area (Å²) < 4.78 is 9.19. The number of aliphatic carboxylic acids is 2. The summed E-state index contributed by atoms with van der Waals surface area (Å²) in [5, 5.41) is 37.0. The van der Waals surface area contributed by atoms with Gasteiger partial charge in [-0.15, -0.1) is 0 Å². The number of aliphatic hydroxyl groups excluding tert-OH is 1. The van der Waals surface area contributed by atoms with Crippen molar-refractivity contribution in [2.45, 2.75) is 49.9 Å². The molecule has 0 bridgehead atoms. The van der Waals surface area contributed by atoms with Gasteiger partial charge in [0.05, 0.1) is 27.1 Å². The number of carbonyl (C=O) groups excluding carboxylic acids is 4. The van der Waals surface area contributed by atoms with E-state index < -0.39 is 54.4 Å². The Morgan fingerprint density at radius 2 is 1.04 bits per heavy atom. The van der Waals surface area contributed by atoms with Crippen LogP contribution in [-0.2, 0) is 41.7 Å². The standard InChI is InChI=1S/C23H25Cl2N3O5.C21H21Cl2N3O5.CH4O.Na.H2O/c1-28-11-17(16-8-14(24)9-19(25)18(16)12-28)13-4-6-15(7-5-13)26-23(31)27-20(22(30)33-3)10-21(29)32-2;1-26-9-15(14-6-12(22)7-17(23)16(14)10-26)11-2-4-13(5-3-11)24-21(31)25-18(20(29)30)8-19(27)28;1-2;;/h4-9,17,20H,10-12H2,1-3H3,(H2,26,27,31);2-7,15,18H,8-10H2,1H3,(H,27,28)(H,29,30)(H2,24,25,31);2H,1H3;;1H2/q;;;+1;/p-1/t17?,20-;15?,18-;;;/m00.../s1. The fraction of sp³-hybridized carbons (Fsp3) is 0.333. The van der Waals surface area contributed by atoms with Crippen LogP contribution in [0.5, 0.6) is 0 Å². The molecule has 0 aliphatic carbocycles. The number of esters is 2. The Morgan fingerprint density at radius 1 is 0.647 bits per heavy atom. The number of nitrogens with zero attached hydrogens (tertiary/aromatic N) is 2. The number of halogens is 4. The second kappa shape index (κ2) is 28.1. The Kier molecular flexibility index (Phi) is 24.5. The molecule has 23 heteroatoms. The number of anilines is 2. The molecule has 0 radical (unpaired) electrons. The zero-order chi connectivity index (χ0) is 48.8. The summed E-state index contributed by atoms with van der Waals surface area (Å²) in [4.78, 5) is 74.0. The first-order valence-corrected chi connectivity index (χ1v) is 21.6. The molecule has 0 saturated carbocycles. The fourth-order valence-electron chi connectivity index (χ4n) is 7.47. The molecule has 4 aromatic rings. The van der Waals surface area contributed by atoms with Gasteiger partial charge < -0.3 is 61.3 Å². The van der Waals surface area contributed by atoms with Crippen molar-refractivity contribution in [2.24, 2.45) is 0 Å². The summed E-state index contributed by atoms with van der Waals surface area (Å²) >= 11 is 25.3. The molecule has 4 atom stereocenters. The molecule has 0 spiro atoms. The van der Waals surface area contributed by atoms with Crippen molar-refractivity contribution >= 4 is 93.7 Å². The normalized spacial score (nSPS) is 15.7. The van der Waals surface area contributed by atoms with Gasteiger partial charge in [-0.05, 0) is 96.0 Å². The van der Waals surface area contributed by atoms with Crippen LogP contribution in [-0.4, -0.2) is 127 Å². The maximum Gasteiger partial charge on any atom is 1.00 e. The fourth-order valence-corrected chi connectivity index (χ4v) is 8.61. The molecule has 4 amide bonds. The number of methoxy groups -OCH3 is 2. The van der Waals surface area contributed by atoms with E-state index in [2.05, 4.69) is 40.5 Å². The van der Waals surface area contributed by atoms with Gasteiger partial charge in [0.15, 0.2) is 0 Å². The minimum Gasteiger partial charge on any atom is -0.870 e. The Hall–Kier alpha value is -4.70. The monoisotopic (exact) mass is 1030 g/mol. The number of hydrogen-bond donors (Lipinski definition) is 7. The van der Waals surface area contributed by atoms with Crippen molar-refractivity contribution in [1.29, 1.82) is 0 Å². The van der Waals surface area contributed by atoms with E-state index >= 15 is 0 Å². The van der Waals surface area contributed by atoms with E-state index in [0.717, 1.165) is 66.7 Å². The maximum absolute atomic E-state index is 12.4. The number of amides is 4. The summed E-state index contributed by atoms with van der Waals surface area (Å²) in [5.41, 5.74) is 7.25. The Bertz CT molecular complexity index is 2400. The van der Waals surface area contributed by atoms with E-state index in [1.807, 2.05) is 50.5 Å². The molecule has 2 heterocycles. The molecule has 362 valence electrons. The van der Waals surface area contributed by atoms with E-state index in [9.17, 15) is 28.8 Å². The number of likely N-dealkylation sites (N-methyl/N-ethyl adjacent to an activating group) is 2. The molecule has 8 N–H and O–H groups in total. The van der Waals surface area contributed by atoms with Crippen molar-refractivity contribution in [2.75, 3.05) is 59.1 Å². The van der Waals surface area contributed by atoms with Gasteiger partial charge in [0.2, 0.25) is 0 Å². The average molecular weight is 1030 g/mol. The van der Waals surface area contributed by atoms with Crippen molar-refractivity contribution in [1.82, 2.24) is 20.4 Å². The molecule has 2 aliphatic rings. The topological polar surface area (TPSA) is 266 Å². The molecule has 6 rings (SSSR count). The number of carbonyl (C=O) groups is 6. The van der Waals surface area contributed by atoms with Crippen LogP contribution in [0.1, 0.15) is 58.1 Å². The molecule has 68 heavy (non-hydrogen) atoms. The Morgan fingerprint density at radius 3 is 1.40 bits per heavy atom. The smallest absolute Gasteiger partial charge is 0.870 e. The van der Waals surface area contributed by atoms with E-state index in [1.165, 1.54) is 14.2 Å². The number of ether oxygens (including phenoxy) is 2. The number of benzene rings is 4. The number of carboxylic acid groups (broad SMARTS) is 2. The predicted molar refractivity (Wildman–Crippen MR) is 253 cm³/mol. The summed E-state index contributed by atoms with van der Waals surface area (Å²) in [6.45, 7) is 3.04. The van der Waals surface area contributed by atoms with E-state index in [-0.39, 0.29) is 53.3 Å². The zero-order valence-electron chi connectivity index (χ0n) is 37.9. The third-order valence-electron chi connectivity index (χ3n) is 10.5. The number of carboxylic acids is 2. The SMILES string of the molecule is CN1Cc2c(Cl)cc(Cl)cc2C(c2ccc(NC(=O)N[C@@H](CC(=O)O)C(=O)O)cc2)C1.CO.COC(=O)C[C@H](NC(=O)Nc1ccc(C2CN(C)Cc3c(Cl)cc(Cl)cc32)cc1)C(=O)OC.[Na+].[OH-]. The van der Waals surface area contributed by atoms with E-state index in [4.69, 9.17) is 61.7 Å². The first-order chi connectivity index (χ1) is 31.3. The van der Waals surface area contributed by atoms with Gasteiger partial charge in [0, 0.05) is 76.6 Å². The number of fused-ring (bicyclic) bond motifs is 2. The van der Waals surface area contributed by atoms with Crippen LogP contribution in [0, 0.1) is 0 Å². The van der Waals surface area contributed by atoms with Gasteiger partial charge in [-0.1, -0.05) is 70.7 Å². The van der Waals surface area contributed by atoms with Gasteiger partial charge >= 0.3 is 65.5 Å². The van der Waals surface area contributed by atoms with Crippen LogP contribution in [0.2, 0.25) is 20.1 Å². The Balaban J connectivity index is 0.000000439. The van der Waals surface area contributed by atoms with Gasteiger partial charge in [0.25, 0.3) is 0 Å². The molecular formula is C45H51Cl4N6NaO12. The number of nitrogens with one attached hydrogen (secondary N) is 4. The van der Waals surface area contributed by atoms with Crippen molar-refractivity contribution in [3.8, 4) is 0 Å². The maximum atomic E-state index is 12.4. The van der Waals surface area contributed by atoms with Crippen LogP contribution >= 0.6 is 46.4 Å². The molecule has 0 aromatic heterocycles. The second-order valence-electron chi connectivity index (χ2n) is 15.2. The quantitative estimate of drug-likeness (QED) is 0.0786. The van der Waals surface area contributed by atoms with Gasteiger partial charge in [-0.25, -0.2) is 19.2 Å². The third-order valence-corrected chi connectivity index (χ3v) is 11.6. The number of hydrogen-bond acceptors (Lipinski definition) is 12. The molecular weight excluding hydrogens is 981 g/mol. The molecule has 4 aromatic carbocycles. The van der Waals surface area contributed by atoms with Crippen molar-refractivity contribution in [3.63, 3.8) is 0 Å². The molecule has 2 unspecified atom stereocenters. The summed E-state index contributed by atoms with van der Waals surface area (Å²) in [6, 6.07) is 17.7. The molecule has 2 aliphatic heterocycles. The first-order valence-electron chi connectivity index (χ1n) is 20.1. The minimum absolute atomic E-state index is 0. The first kappa shape index (κ1) is 59.4. The summed E-state index contributed by atoms with van der Waals surface area (Å²) in [7, 11) is 7.42. The van der Waals surface area contributed by atoms with Crippen LogP contribution < -0.4 is 50.8 Å². The minimum atomic E-state index is -1.53. The van der Waals surface area contributed by atoms with Gasteiger partial charge in [-0.3, -0.25) is 9.59 Å². The van der Waals surface area contributed by atoms with Crippen LogP contribution in [0.25, 0.3) is 0 Å². The Labute approximate surface area is 435 Å². The third kappa shape index (κ3) is 16.8. The zero-order valence-corrected chi connectivity index (χ0v) is 43.0. The number of rotatable bonds is 12. The van der Waals surface area contributed by atoms with E-state index in [0.29, 0.717) is 31.5 Å². The average Bonchev–Trinajstić information content (AvgIpc) is 3.27. The molecule has 0 saturated heterocycles. The van der Waals surface area contributed by atoms with Crippen LogP contribution in [0.4, 0.5) is 21.0 Å². The summed E-state index contributed by atoms with van der Waals surface area (Å²) in [6.07, 6.45) is -1.06. The van der Waals surface area contributed by atoms with Crippen molar-refractivity contribution < 1.29 is 88.6 Å².